The van der Waals surface area contributed by atoms with Gasteiger partial charge in [-0.1, -0.05) is 31.4 Å². The van der Waals surface area contributed by atoms with Crippen molar-refractivity contribution >= 4 is 17.9 Å². The topological polar surface area (TPSA) is 78.9 Å². The summed E-state index contributed by atoms with van der Waals surface area (Å²) < 4.78 is 14.7. The van der Waals surface area contributed by atoms with Gasteiger partial charge >= 0.3 is 17.9 Å². The molecule has 25 heavy (non-hydrogen) atoms. The molecule has 1 aliphatic carbocycles. The lowest BCUT2D eigenvalue weighted by Gasteiger charge is -2.27. The van der Waals surface area contributed by atoms with Crippen molar-refractivity contribution < 1.29 is 28.6 Å². The monoisotopic (exact) mass is 354 g/mol. The Morgan fingerprint density at radius 1 is 1.08 bits per heavy atom. The first kappa shape index (κ1) is 21.2. The number of allylic oxidation sites excluding steroid dienone is 2. The zero-order chi connectivity index (χ0) is 18.9. The van der Waals surface area contributed by atoms with Gasteiger partial charge in [0.25, 0.3) is 0 Å². The molecule has 1 saturated carbocycles. The zero-order valence-electron chi connectivity index (χ0n) is 15.8. The molecule has 0 saturated heterocycles. The van der Waals surface area contributed by atoms with Gasteiger partial charge in [-0.25, -0.2) is 0 Å². The van der Waals surface area contributed by atoms with E-state index < -0.39 is 17.4 Å². The van der Waals surface area contributed by atoms with E-state index in [2.05, 4.69) is 13.0 Å². The first-order chi connectivity index (χ1) is 11.9. The molecule has 0 amide bonds. The van der Waals surface area contributed by atoms with Crippen LogP contribution in [0, 0.1) is 11.3 Å². The Kier molecular flexibility index (Phi) is 8.66. The first-order valence-electron chi connectivity index (χ1n) is 8.87. The molecule has 0 spiro atoms. The number of ether oxygens (including phenoxy) is 3. The summed E-state index contributed by atoms with van der Waals surface area (Å²) in [5.74, 6) is -1.89. The third-order valence-corrected chi connectivity index (χ3v) is 4.88. The molecule has 0 aliphatic heterocycles. The van der Waals surface area contributed by atoms with Gasteiger partial charge in [0.15, 0.2) is 5.41 Å². The Balaban J connectivity index is 3.16. The lowest BCUT2D eigenvalue weighted by molar-refractivity contribution is -0.170. The molecule has 142 valence electrons. The normalized spacial score (nSPS) is 21.3. The van der Waals surface area contributed by atoms with Gasteiger partial charge in [0, 0.05) is 0 Å². The second-order valence-electron chi connectivity index (χ2n) is 6.56. The van der Waals surface area contributed by atoms with Gasteiger partial charge in [-0.15, -0.1) is 0 Å². The molecule has 1 fully saturated rings. The number of carbonyl (C=O) groups excluding carboxylic acids is 3. The Bertz CT molecular complexity index is 492. The second kappa shape index (κ2) is 10.2. The summed E-state index contributed by atoms with van der Waals surface area (Å²) in [5.41, 5.74) is -0.470. The van der Waals surface area contributed by atoms with Crippen LogP contribution < -0.4 is 0 Å². The summed E-state index contributed by atoms with van der Waals surface area (Å²) in [5, 5.41) is 0. The summed E-state index contributed by atoms with van der Waals surface area (Å²) in [4.78, 5) is 36.9. The number of rotatable bonds is 7. The number of hydrogen-bond acceptors (Lipinski definition) is 6. The quantitative estimate of drug-likeness (QED) is 0.174. The van der Waals surface area contributed by atoms with Crippen molar-refractivity contribution in [3.63, 3.8) is 0 Å². The van der Waals surface area contributed by atoms with Crippen molar-refractivity contribution in [2.75, 3.05) is 21.3 Å². The maximum absolute atomic E-state index is 12.4. The highest BCUT2D eigenvalue weighted by atomic mass is 16.5. The van der Waals surface area contributed by atoms with Gasteiger partial charge in [0.05, 0.1) is 27.2 Å². The van der Waals surface area contributed by atoms with Crippen LogP contribution in [0.1, 0.15) is 58.3 Å². The summed E-state index contributed by atoms with van der Waals surface area (Å²) in [6.45, 7) is 2.13. The molecule has 1 rings (SSSR count). The van der Waals surface area contributed by atoms with Crippen LogP contribution in [0.4, 0.5) is 0 Å². The Hall–Kier alpha value is -1.85. The molecule has 6 heteroatoms. The molecular weight excluding hydrogens is 324 g/mol. The average Bonchev–Trinajstić information content (AvgIpc) is 2.84. The van der Waals surface area contributed by atoms with Gasteiger partial charge in [0.1, 0.15) is 0 Å². The molecule has 0 aromatic heterocycles. The molecule has 0 heterocycles. The maximum atomic E-state index is 12.4. The van der Waals surface area contributed by atoms with E-state index >= 15 is 0 Å². The van der Waals surface area contributed by atoms with Crippen molar-refractivity contribution in [3.8, 4) is 0 Å². The van der Waals surface area contributed by atoms with E-state index in [-0.39, 0.29) is 24.7 Å². The van der Waals surface area contributed by atoms with Gasteiger partial charge in [0.2, 0.25) is 0 Å². The van der Waals surface area contributed by atoms with E-state index in [1.807, 2.05) is 0 Å². The summed E-state index contributed by atoms with van der Waals surface area (Å²) in [6, 6.07) is 0. The zero-order valence-corrected chi connectivity index (χ0v) is 15.8. The fourth-order valence-electron chi connectivity index (χ4n) is 3.43. The van der Waals surface area contributed by atoms with Crippen LogP contribution in [0.3, 0.4) is 0 Å². The van der Waals surface area contributed by atoms with Crippen LogP contribution in [0.5, 0.6) is 0 Å². The highest BCUT2D eigenvalue weighted by Gasteiger charge is 2.50. The van der Waals surface area contributed by atoms with Crippen LogP contribution in [0.15, 0.2) is 11.6 Å². The summed E-state index contributed by atoms with van der Waals surface area (Å²) in [6.07, 6.45) is 7.48. The van der Waals surface area contributed by atoms with Gasteiger partial charge < -0.3 is 14.2 Å². The minimum Gasteiger partial charge on any atom is -0.469 e. The summed E-state index contributed by atoms with van der Waals surface area (Å²) >= 11 is 0. The third kappa shape index (κ3) is 5.31. The minimum atomic E-state index is -1.39. The molecule has 1 aliphatic rings. The van der Waals surface area contributed by atoms with Crippen LogP contribution in [0.2, 0.25) is 0 Å². The largest absolute Gasteiger partial charge is 0.469 e. The number of hydrogen-bond donors (Lipinski definition) is 0. The average molecular weight is 354 g/mol. The van der Waals surface area contributed by atoms with Crippen molar-refractivity contribution in [2.45, 2.75) is 58.3 Å². The van der Waals surface area contributed by atoms with Crippen molar-refractivity contribution in [1.82, 2.24) is 0 Å². The lowest BCUT2D eigenvalue weighted by atomic mass is 9.78. The Labute approximate surface area is 149 Å². The number of esters is 3. The smallest absolute Gasteiger partial charge is 0.323 e. The fraction of sp³-hybridized carbons (Fsp3) is 0.737. The van der Waals surface area contributed by atoms with Gasteiger partial charge in [-0.3, -0.25) is 14.4 Å². The number of carbonyl (C=O) groups is 3. The van der Waals surface area contributed by atoms with Crippen LogP contribution in [-0.4, -0.2) is 39.2 Å². The van der Waals surface area contributed by atoms with E-state index in [9.17, 15) is 14.4 Å². The Morgan fingerprint density at radius 3 is 2.24 bits per heavy atom. The van der Waals surface area contributed by atoms with E-state index in [4.69, 9.17) is 14.2 Å². The predicted octanol–water partition coefficient (Wildman–Crippen LogP) is 3.19. The molecule has 0 bridgehead atoms. The standard InChI is InChI=1S/C19H30O6/c1-5-6-7-8-9-14-12-15(16(20)23-2)10-11-19(13-14,17(21)24-3)18(22)25-4/h9,15H,5-8,10-13H2,1-4H3/b14-9-. The van der Waals surface area contributed by atoms with E-state index in [1.165, 1.54) is 21.3 Å². The van der Waals surface area contributed by atoms with E-state index in [0.717, 1.165) is 31.3 Å². The number of methoxy groups -OCH3 is 3. The maximum Gasteiger partial charge on any atom is 0.323 e. The van der Waals surface area contributed by atoms with Gasteiger partial charge in [-0.2, -0.15) is 0 Å². The second-order valence-corrected chi connectivity index (χ2v) is 6.56. The third-order valence-electron chi connectivity index (χ3n) is 4.88. The molecule has 6 nitrogen and oxygen atoms in total. The van der Waals surface area contributed by atoms with Crippen LogP contribution in [0.25, 0.3) is 0 Å². The lowest BCUT2D eigenvalue weighted by Crippen LogP contribution is -2.41. The molecule has 1 atom stereocenters. The van der Waals surface area contributed by atoms with Gasteiger partial charge in [-0.05, 0) is 38.5 Å². The molecule has 0 aromatic carbocycles. The molecule has 0 radical (unpaired) electrons. The van der Waals surface area contributed by atoms with Crippen molar-refractivity contribution in [1.29, 1.82) is 0 Å². The first-order valence-corrected chi connectivity index (χ1v) is 8.87. The predicted molar refractivity (Wildman–Crippen MR) is 92.7 cm³/mol. The fourth-order valence-corrected chi connectivity index (χ4v) is 3.43. The van der Waals surface area contributed by atoms with Crippen molar-refractivity contribution in [3.05, 3.63) is 11.6 Å². The van der Waals surface area contributed by atoms with Crippen molar-refractivity contribution in [2.24, 2.45) is 11.3 Å². The van der Waals surface area contributed by atoms with Crippen LogP contribution >= 0.6 is 0 Å². The minimum absolute atomic E-state index is 0.207. The SMILES string of the molecule is CCCCC/C=C1/CC(C(=O)OC)CCC(C(=O)OC)(C(=O)OC)C1. The van der Waals surface area contributed by atoms with Crippen LogP contribution in [-0.2, 0) is 28.6 Å². The Morgan fingerprint density at radius 2 is 1.72 bits per heavy atom. The highest BCUT2D eigenvalue weighted by Crippen LogP contribution is 2.42. The summed E-state index contributed by atoms with van der Waals surface area (Å²) in [7, 11) is 3.88. The molecule has 0 N–H and O–H groups in total. The molecular formula is C19H30O6. The molecule has 0 aromatic rings. The highest BCUT2D eigenvalue weighted by molar-refractivity contribution is 6.00. The van der Waals surface area contributed by atoms with E-state index in [1.54, 1.807) is 0 Å². The van der Waals surface area contributed by atoms with E-state index in [0.29, 0.717) is 12.8 Å². The molecule has 1 unspecified atom stereocenters. The number of unbranched alkanes of at least 4 members (excludes halogenated alkanes) is 3.